The van der Waals surface area contributed by atoms with Crippen molar-refractivity contribution in [2.75, 3.05) is 0 Å². The molecule has 0 bridgehead atoms. The molecule has 2 aromatic carbocycles. The Morgan fingerprint density at radius 2 is 1.81 bits per heavy atom. The van der Waals surface area contributed by atoms with Gasteiger partial charge in [-0.2, -0.15) is 0 Å². The van der Waals surface area contributed by atoms with Gasteiger partial charge < -0.3 is 4.74 Å². The fourth-order valence-corrected chi connectivity index (χ4v) is 2.75. The maximum Gasteiger partial charge on any atom is 0.363 e. The van der Waals surface area contributed by atoms with Crippen LogP contribution in [0.1, 0.15) is 18.1 Å². The van der Waals surface area contributed by atoms with Crippen molar-refractivity contribution in [2.24, 2.45) is 4.99 Å². The summed E-state index contributed by atoms with van der Waals surface area (Å²) in [7, 11) is 0. The molecule has 1 aliphatic rings. The van der Waals surface area contributed by atoms with Crippen LogP contribution < -0.4 is 0 Å². The van der Waals surface area contributed by atoms with E-state index in [1.165, 1.54) is 0 Å². The van der Waals surface area contributed by atoms with Crippen LogP contribution in [0.4, 0.5) is 0 Å². The molecule has 1 aliphatic heterocycles. The SMILES string of the molecule is CC(=Cc1ccccc1)C=C1N=C(C=Cc2cccc(Cl)c2Cl)OC1=O. The molecular weight excluding hydrogens is 369 g/mol. The number of aliphatic imine (C=N–C) groups is 1. The molecule has 0 saturated carbocycles. The van der Waals surface area contributed by atoms with E-state index < -0.39 is 5.97 Å². The molecule has 0 saturated heterocycles. The van der Waals surface area contributed by atoms with Crippen molar-refractivity contribution in [3.63, 3.8) is 0 Å². The van der Waals surface area contributed by atoms with E-state index >= 15 is 0 Å². The van der Waals surface area contributed by atoms with Crippen LogP contribution in [-0.2, 0) is 9.53 Å². The second kappa shape index (κ2) is 8.17. The summed E-state index contributed by atoms with van der Waals surface area (Å²) in [5, 5.41) is 0.897. The fraction of sp³-hybridized carbons (Fsp3) is 0.0476. The standard InChI is InChI=1S/C21H15Cl2NO2/c1-14(12-15-6-3-2-4-7-15)13-18-21(25)26-19(24-18)11-10-16-8-5-9-17(22)20(16)23/h2-13H,1H3. The zero-order chi connectivity index (χ0) is 18.5. The molecule has 3 nitrogen and oxygen atoms in total. The van der Waals surface area contributed by atoms with Crippen LogP contribution in [0.3, 0.4) is 0 Å². The normalized spacial score (nSPS) is 16.3. The number of halogens is 2. The first-order valence-electron chi connectivity index (χ1n) is 7.91. The summed E-state index contributed by atoms with van der Waals surface area (Å²) in [4.78, 5) is 16.2. The van der Waals surface area contributed by atoms with Crippen molar-refractivity contribution in [3.05, 3.63) is 93.1 Å². The highest BCUT2D eigenvalue weighted by Crippen LogP contribution is 2.26. The summed E-state index contributed by atoms with van der Waals surface area (Å²) < 4.78 is 5.17. The van der Waals surface area contributed by atoms with Gasteiger partial charge in [0.15, 0.2) is 5.70 Å². The molecule has 0 atom stereocenters. The van der Waals surface area contributed by atoms with Gasteiger partial charge in [0.25, 0.3) is 0 Å². The van der Waals surface area contributed by atoms with E-state index in [-0.39, 0.29) is 11.6 Å². The Hall–Kier alpha value is -2.62. The zero-order valence-corrected chi connectivity index (χ0v) is 15.5. The number of hydrogen-bond donors (Lipinski definition) is 0. The van der Waals surface area contributed by atoms with Crippen molar-refractivity contribution < 1.29 is 9.53 Å². The number of rotatable bonds is 4. The minimum absolute atomic E-state index is 0.213. The number of cyclic esters (lactones) is 1. The van der Waals surface area contributed by atoms with Crippen molar-refractivity contribution in [1.29, 1.82) is 0 Å². The highest BCUT2D eigenvalue weighted by Gasteiger charge is 2.21. The lowest BCUT2D eigenvalue weighted by molar-refractivity contribution is -0.129. The first-order valence-corrected chi connectivity index (χ1v) is 8.66. The molecule has 0 amide bonds. The molecule has 3 rings (SSSR count). The van der Waals surface area contributed by atoms with Crippen molar-refractivity contribution in [1.82, 2.24) is 0 Å². The van der Waals surface area contributed by atoms with Crippen LogP contribution >= 0.6 is 23.2 Å². The zero-order valence-electron chi connectivity index (χ0n) is 13.9. The van der Waals surface area contributed by atoms with E-state index in [1.54, 1.807) is 30.4 Å². The molecule has 0 fully saturated rings. The highest BCUT2D eigenvalue weighted by atomic mass is 35.5. The van der Waals surface area contributed by atoms with E-state index in [2.05, 4.69) is 4.99 Å². The van der Waals surface area contributed by atoms with Crippen molar-refractivity contribution >= 4 is 47.2 Å². The van der Waals surface area contributed by atoms with E-state index in [0.717, 1.165) is 16.7 Å². The first-order chi connectivity index (χ1) is 12.5. The van der Waals surface area contributed by atoms with Crippen molar-refractivity contribution in [3.8, 4) is 0 Å². The van der Waals surface area contributed by atoms with Crippen LogP contribution in [0.25, 0.3) is 12.2 Å². The number of ether oxygens (including phenoxy) is 1. The summed E-state index contributed by atoms with van der Waals surface area (Å²) in [5.74, 6) is -0.271. The smallest absolute Gasteiger partial charge is 0.363 e. The second-order valence-electron chi connectivity index (χ2n) is 5.64. The van der Waals surface area contributed by atoms with Gasteiger partial charge in [-0.1, -0.05) is 71.7 Å². The molecule has 0 spiro atoms. The predicted octanol–water partition coefficient (Wildman–Crippen LogP) is 5.95. The number of hydrogen-bond acceptors (Lipinski definition) is 3. The Morgan fingerprint density at radius 1 is 1.04 bits per heavy atom. The van der Waals surface area contributed by atoms with Crippen LogP contribution in [0.5, 0.6) is 0 Å². The van der Waals surface area contributed by atoms with Gasteiger partial charge in [0.05, 0.1) is 10.0 Å². The molecule has 0 aliphatic carbocycles. The molecule has 0 radical (unpaired) electrons. The predicted molar refractivity (Wildman–Crippen MR) is 107 cm³/mol. The number of allylic oxidation sites excluding steroid dienone is 2. The number of carbonyl (C=O) groups is 1. The van der Waals surface area contributed by atoms with Gasteiger partial charge in [-0.3, -0.25) is 0 Å². The summed E-state index contributed by atoms with van der Waals surface area (Å²) in [6.07, 6.45) is 6.96. The lowest BCUT2D eigenvalue weighted by Crippen LogP contribution is -2.01. The maximum absolute atomic E-state index is 12.0. The lowest BCUT2D eigenvalue weighted by Gasteiger charge is -1.99. The number of esters is 1. The van der Waals surface area contributed by atoms with Gasteiger partial charge in [-0.15, -0.1) is 0 Å². The highest BCUT2D eigenvalue weighted by molar-refractivity contribution is 6.42. The average Bonchev–Trinajstić information content (AvgIpc) is 2.96. The molecule has 130 valence electrons. The third-order valence-electron chi connectivity index (χ3n) is 3.58. The quantitative estimate of drug-likeness (QED) is 0.483. The molecule has 0 N–H and O–H groups in total. The molecule has 1 heterocycles. The van der Waals surface area contributed by atoms with Gasteiger partial charge in [-0.25, -0.2) is 9.79 Å². The summed E-state index contributed by atoms with van der Waals surface area (Å²) in [5.41, 5.74) is 2.92. The number of benzene rings is 2. The number of carbonyl (C=O) groups excluding carboxylic acids is 1. The van der Waals surface area contributed by atoms with Gasteiger partial charge in [-0.05, 0) is 41.8 Å². The minimum Gasteiger partial charge on any atom is -0.403 e. The van der Waals surface area contributed by atoms with Crippen LogP contribution in [0.15, 0.2) is 76.9 Å². The maximum atomic E-state index is 12.0. The fourth-order valence-electron chi connectivity index (χ4n) is 2.38. The third kappa shape index (κ3) is 4.51. The molecule has 0 unspecified atom stereocenters. The van der Waals surface area contributed by atoms with E-state index in [1.807, 2.05) is 49.4 Å². The van der Waals surface area contributed by atoms with E-state index in [9.17, 15) is 4.79 Å². The summed E-state index contributed by atoms with van der Waals surface area (Å²) in [6, 6.07) is 15.1. The Kier molecular flexibility index (Phi) is 5.71. The average molecular weight is 384 g/mol. The van der Waals surface area contributed by atoms with E-state index in [0.29, 0.717) is 10.0 Å². The molecular formula is C21H15Cl2NO2. The Balaban J connectivity index is 1.79. The lowest BCUT2D eigenvalue weighted by atomic mass is 10.1. The molecule has 5 heteroatoms. The first kappa shape index (κ1) is 18.2. The van der Waals surface area contributed by atoms with Crippen molar-refractivity contribution in [2.45, 2.75) is 6.92 Å². The molecule has 26 heavy (non-hydrogen) atoms. The van der Waals surface area contributed by atoms with Gasteiger partial charge in [0.2, 0.25) is 5.90 Å². The Labute approximate surface area is 161 Å². The second-order valence-corrected chi connectivity index (χ2v) is 6.43. The van der Waals surface area contributed by atoms with Crippen LogP contribution in [0, 0.1) is 0 Å². The molecule has 0 aromatic heterocycles. The molecule has 2 aromatic rings. The van der Waals surface area contributed by atoms with Gasteiger partial charge in [0.1, 0.15) is 0 Å². The van der Waals surface area contributed by atoms with Gasteiger partial charge in [0, 0.05) is 6.08 Å². The largest absolute Gasteiger partial charge is 0.403 e. The topological polar surface area (TPSA) is 38.7 Å². The van der Waals surface area contributed by atoms with E-state index in [4.69, 9.17) is 27.9 Å². The summed E-state index contributed by atoms with van der Waals surface area (Å²) >= 11 is 12.1. The van der Waals surface area contributed by atoms with Crippen LogP contribution in [0.2, 0.25) is 10.0 Å². The Bertz CT molecular complexity index is 957. The van der Waals surface area contributed by atoms with Crippen LogP contribution in [-0.4, -0.2) is 11.9 Å². The Morgan fingerprint density at radius 3 is 2.58 bits per heavy atom. The summed E-state index contributed by atoms with van der Waals surface area (Å²) in [6.45, 7) is 1.91. The van der Waals surface area contributed by atoms with Gasteiger partial charge >= 0.3 is 5.97 Å². The minimum atomic E-state index is -0.484. The number of nitrogens with zero attached hydrogens (tertiary/aromatic N) is 1. The monoisotopic (exact) mass is 383 g/mol. The third-order valence-corrected chi connectivity index (χ3v) is 4.42.